The lowest BCUT2D eigenvalue weighted by Gasteiger charge is -2.11. The Kier molecular flexibility index (Phi) is 6.81. The van der Waals surface area contributed by atoms with Crippen LogP contribution in [0, 0.1) is 11.6 Å². The Labute approximate surface area is 152 Å². The van der Waals surface area contributed by atoms with Gasteiger partial charge < -0.3 is 19.5 Å². The van der Waals surface area contributed by atoms with E-state index in [1.165, 1.54) is 25.3 Å². The number of carbonyl (C=O) groups is 3. The van der Waals surface area contributed by atoms with Crippen molar-refractivity contribution in [2.45, 2.75) is 0 Å². The lowest BCUT2D eigenvalue weighted by atomic mass is 10.2. The number of rotatable bonds is 8. The van der Waals surface area contributed by atoms with Crippen LogP contribution in [-0.2, 0) is 14.3 Å². The van der Waals surface area contributed by atoms with E-state index in [2.05, 4.69) is 4.74 Å². The molecule has 0 radical (unpaired) electrons. The number of anilines is 1. The molecule has 0 fully saturated rings. The smallest absolute Gasteiger partial charge is 0.344 e. The first-order chi connectivity index (χ1) is 12.9. The minimum atomic E-state index is -0.955. The predicted molar refractivity (Wildman–Crippen MR) is 89.8 cm³/mol. The van der Waals surface area contributed by atoms with Crippen molar-refractivity contribution < 1.29 is 37.4 Å². The summed E-state index contributed by atoms with van der Waals surface area (Å²) in [6.45, 7) is -1.30. The van der Waals surface area contributed by atoms with Gasteiger partial charge in [0.25, 0.3) is 5.91 Å². The summed E-state index contributed by atoms with van der Waals surface area (Å²) in [6.07, 6.45) is 0.623. The fraction of sp³-hybridized carbons (Fsp3) is 0.167. The molecule has 0 aromatic heterocycles. The van der Waals surface area contributed by atoms with Crippen LogP contribution in [0.4, 0.5) is 14.5 Å². The van der Waals surface area contributed by atoms with Gasteiger partial charge in [0.15, 0.2) is 24.7 Å². The van der Waals surface area contributed by atoms with Crippen molar-refractivity contribution in [2.75, 3.05) is 25.6 Å². The monoisotopic (exact) mass is 379 g/mol. The van der Waals surface area contributed by atoms with E-state index in [1.807, 2.05) is 5.32 Å². The molecule has 1 amide bonds. The van der Waals surface area contributed by atoms with Crippen molar-refractivity contribution in [2.24, 2.45) is 0 Å². The molecule has 7 nitrogen and oxygen atoms in total. The van der Waals surface area contributed by atoms with E-state index in [1.54, 1.807) is 0 Å². The maximum Gasteiger partial charge on any atom is 0.344 e. The van der Waals surface area contributed by atoms with Crippen molar-refractivity contribution in [1.82, 2.24) is 0 Å². The van der Waals surface area contributed by atoms with Gasteiger partial charge in [-0.2, -0.15) is 0 Å². The molecule has 0 aliphatic rings. The molecule has 0 spiro atoms. The van der Waals surface area contributed by atoms with Crippen molar-refractivity contribution in [3.05, 3.63) is 53.6 Å². The van der Waals surface area contributed by atoms with Gasteiger partial charge in [-0.3, -0.25) is 9.59 Å². The Bertz CT molecular complexity index is 835. The summed E-state index contributed by atoms with van der Waals surface area (Å²) in [4.78, 5) is 34.0. The van der Waals surface area contributed by atoms with Crippen LogP contribution in [0.2, 0.25) is 0 Å². The first kappa shape index (κ1) is 19.8. The molecule has 0 aliphatic carbocycles. The summed E-state index contributed by atoms with van der Waals surface area (Å²) >= 11 is 0. The molecule has 2 rings (SSSR count). The number of hydrogen-bond donors (Lipinski definition) is 1. The number of para-hydroxylation sites is 1. The average Bonchev–Trinajstić information content (AvgIpc) is 2.67. The Hall–Kier alpha value is -3.49. The first-order valence-electron chi connectivity index (χ1n) is 7.60. The number of esters is 1. The summed E-state index contributed by atoms with van der Waals surface area (Å²) in [7, 11) is 1.36. The van der Waals surface area contributed by atoms with Crippen LogP contribution in [0.15, 0.2) is 36.4 Å². The number of halogens is 2. The second-order valence-electron chi connectivity index (χ2n) is 5.12. The first-order valence-corrected chi connectivity index (χ1v) is 7.60. The fourth-order valence-electron chi connectivity index (χ4n) is 1.99. The number of benzene rings is 2. The van der Waals surface area contributed by atoms with Gasteiger partial charge in [0.1, 0.15) is 23.6 Å². The molecule has 2 aromatic rings. The number of amides is 1. The van der Waals surface area contributed by atoms with Gasteiger partial charge in [-0.15, -0.1) is 0 Å². The van der Waals surface area contributed by atoms with E-state index in [-0.39, 0.29) is 11.5 Å². The highest BCUT2D eigenvalue weighted by molar-refractivity contribution is 5.93. The average molecular weight is 379 g/mol. The Morgan fingerprint density at radius 2 is 1.78 bits per heavy atom. The van der Waals surface area contributed by atoms with Crippen LogP contribution in [0.1, 0.15) is 10.4 Å². The normalized spacial score (nSPS) is 10.0. The fourth-order valence-corrected chi connectivity index (χ4v) is 1.99. The number of methoxy groups -OCH3 is 1. The Morgan fingerprint density at radius 3 is 2.41 bits per heavy atom. The highest BCUT2D eigenvalue weighted by Gasteiger charge is 2.14. The maximum absolute atomic E-state index is 13.4. The maximum atomic E-state index is 13.4. The van der Waals surface area contributed by atoms with Gasteiger partial charge in [-0.25, -0.2) is 13.6 Å². The van der Waals surface area contributed by atoms with Gasteiger partial charge >= 0.3 is 5.97 Å². The Balaban J connectivity index is 1.84. The van der Waals surface area contributed by atoms with E-state index in [0.29, 0.717) is 11.8 Å². The highest BCUT2D eigenvalue weighted by Crippen LogP contribution is 2.27. The molecule has 142 valence electrons. The molecule has 0 atom stereocenters. The van der Waals surface area contributed by atoms with E-state index in [9.17, 15) is 23.2 Å². The summed E-state index contributed by atoms with van der Waals surface area (Å²) in [5.74, 6) is -3.29. The van der Waals surface area contributed by atoms with Gasteiger partial charge in [-0.05, 0) is 30.3 Å². The molecule has 9 heteroatoms. The Morgan fingerprint density at radius 1 is 1.07 bits per heavy atom. The SMILES string of the molecule is COc1cc(C=O)ccc1OCC(=O)OCC(=O)Nc1c(F)cccc1F. The molecule has 0 heterocycles. The van der Waals surface area contributed by atoms with Gasteiger partial charge in [-0.1, -0.05) is 6.07 Å². The molecular formula is C18H15F2NO6. The summed E-state index contributed by atoms with van der Waals surface area (Å²) in [6, 6.07) is 7.41. The highest BCUT2D eigenvalue weighted by atomic mass is 19.1. The number of nitrogens with one attached hydrogen (secondary N) is 1. The van der Waals surface area contributed by atoms with Crippen molar-refractivity contribution in [3.63, 3.8) is 0 Å². The molecule has 1 N–H and O–H groups in total. The van der Waals surface area contributed by atoms with Gasteiger partial charge in [0.05, 0.1) is 7.11 Å². The quantitative estimate of drug-likeness (QED) is 0.559. The second kappa shape index (κ2) is 9.27. The third-order valence-corrected chi connectivity index (χ3v) is 3.26. The predicted octanol–water partition coefficient (Wildman–Crippen LogP) is 2.35. The van der Waals surface area contributed by atoms with Crippen LogP contribution < -0.4 is 14.8 Å². The van der Waals surface area contributed by atoms with Crippen molar-refractivity contribution in [3.8, 4) is 11.5 Å². The van der Waals surface area contributed by atoms with E-state index in [0.717, 1.165) is 18.2 Å². The molecule has 0 aliphatic heterocycles. The summed E-state index contributed by atoms with van der Waals surface area (Å²) < 4.78 is 41.8. The number of hydrogen-bond acceptors (Lipinski definition) is 6. The molecule has 2 aromatic carbocycles. The van der Waals surface area contributed by atoms with Crippen LogP contribution in [0.3, 0.4) is 0 Å². The minimum absolute atomic E-state index is 0.193. The molecule has 0 bridgehead atoms. The number of aldehydes is 1. The topological polar surface area (TPSA) is 90.9 Å². The third kappa shape index (κ3) is 5.50. The minimum Gasteiger partial charge on any atom is -0.493 e. The number of ether oxygens (including phenoxy) is 3. The van der Waals surface area contributed by atoms with E-state index in [4.69, 9.17) is 9.47 Å². The lowest BCUT2D eigenvalue weighted by Crippen LogP contribution is -2.24. The largest absolute Gasteiger partial charge is 0.493 e. The van der Waals surface area contributed by atoms with Crippen LogP contribution in [0.5, 0.6) is 11.5 Å². The molecule has 27 heavy (non-hydrogen) atoms. The molecule has 0 saturated heterocycles. The summed E-state index contributed by atoms with van der Waals surface area (Å²) in [5, 5.41) is 1.98. The van der Waals surface area contributed by atoms with Crippen LogP contribution >= 0.6 is 0 Å². The van der Waals surface area contributed by atoms with Gasteiger partial charge in [0, 0.05) is 5.56 Å². The third-order valence-electron chi connectivity index (χ3n) is 3.26. The number of carbonyl (C=O) groups excluding carboxylic acids is 3. The van der Waals surface area contributed by atoms with Crippen molar-refractivity contribution in [1.29, 1.82) is 0 Å². The standard InChI is InChI=1S/C18H15F2NO6/c1-25-15-7-11(8-22)5-6-14(15)26-10-17(24)27-9-16(23)21-18-12(19)3-2-4-13(18)20/h2-8H,9-10H2,1H3,(H,21,23). The summed E-state index contributed by atoms with van der Waals surface area (Å²) in [5.41, 5.74) is -0.270. The van der Waals surface area contributed by atoms with Gasteiger partial charge in [0.2, 0.25) is 0 Å². The second-order valence-corrected chi connectivity index (χ2v) is 5.12. The van der Waals surface area contributed by atoms with Crippen LogP contribution in [-0.4, -0.2) is 38.5 Å². The molecular weight excluding hydrogens is 364 g/mol. The van der Waals surface area contributed by atoms with E-state index >= 15 is 0 Å². The lowest BCUT2D eigenvalue weighted by molar-refractivity contribution is -0.149. The molecule has 0 saturated carbocycles. The zero-order valence-electron chi connectivity index (χ0n) is 14.2. The van der Waals surface area contributed by atoms with Crippen molar-refractivity contribution >= 4 is 23.9 Å². The zero-order valence-corrected chi connectivity index (χ0v) is 14.2. The zero-order chi connectivity index (χ0) is 19.8. The van der Waals surface area contributed by atoms with E-state index < -0.39 is 42.4 Å². The molecule has 0 unspecified atom stereocenters. The van der Waals surface area contributed by atoms with Crippen LogP contribution in [0.25, 0.3) is 0 Å².